The van der Waals surface area contributed by atoms with Crippen LogP contribution in [0.15, 0.2) is 47.4 Å². The Kier molecular flexibility index (Phi) is 8.81. The first-order valence-corrected chi connectivity index (χ1v) is 13.8. The Balaban J connectivity index is 2.14. The van der Waals surface area contributed by atoms with Crippen molar-refractivity contribution in [2.75, 3.05) is 5.32 Å². The third-order valence-electron chi connectivity index (χ3n) is 5.73. The van der Waals surface area contributed by atoms with E-state index in [0.29, 0.717) is 12.1 Å². The molecule has 210 valence electrons. The third kappa shape index (κ3) is 7.42. The summed E-state index contributed by atoms with van der Waals surface area (Å²) in [7, 11) is -4.14. The molecule has 2 aromatic carbocycles. The van der Waals surface area contributed by atoms with Crippen LogP contribution in [0.1, 0.15) is 63.5 Å². The van der Waals surface area contributed by atoms with Gasteiger partial charge in [0, 0.05) is 23.7 Å². The number of carbonyl (C=O) groups is 2. The minimum absolute atomic E-state index is 0.0662. The number of nitrogens with one attached hydrogen (secondary N) is 2. The molecule has 1 amide bonds. The van der Waals surface area contributed by atoms with Crippen molar-refractivity contribution >= 4 is 27.6 Å². The van der Waals surface area contributed by atoms with Crippen molar-refractivity contribution in [2.24, 2.45) is 5.41 Å². The fourth-order valence-corrected chi connectivity index (χ4v) is 5.12. The van der Waals surface area contributed by atoms with Gasteiger partial charge in [-0.2, -0.15) is 9.78 Å². The van der Waals surface area contributed by atoms with Gasteiger partial charge in [-0.05, 0) is 68.1 Å². The van der Waals surface area contributed by atoms with Crippen molar-refractivity contribution in [3.05, 3.63) is 59.5 Å². The molecular formula is C27H33FN4O6S. The topological polar surface area (TPSA) is 140 Å². The number of nitrogens with zero attached hydrogens (tertiary/aromatic N) is 2. The van der Waals surface area contributed by atoms with Crippen LogP contribution in [0.2, 0.25) is 0 Å². The lowest BCUT2D eigenvalue weighted by Crippen LogP contribution is -2.32. The van der Waals surface area contributed by atoms with Crippen LogP contribution in [0.25, 0.3) is 5.69 Å². The van der Waals surface area contributed by atoms with E-state index in [9.17, 15) is 27.5 Å². The van der Waals surface area contributed by atoms with Crippen LogP contribution in [-0.2, 0) is 14.8 Å². The molecule has 0 aliphatic rings. The van der Waals surface area contributed by atoms with Crippen LogP contribution in [0, 0.1) is 18.2 Å². The van der Waals surface area contributed by atoms with Crippen LogP contribution in [0.4, 0.5) is 10.1 Å². The second kappa shape index (κ2) is 11.5. The van der Waals surface area contributed by atoms with E-state index in [1.807, 2.05) is 27.7 Å². The van der Waals surface area contributed by atoms with Crippen molar-refractivity contribution in [3.63, 3.8) is 0 Å². The summed E-state index contributed by atoms with van der Waals surface area (Å²) in [4.78, 5) is 24.1. The molecule has 1 heterocycles. The number of hydrogen-bond acceptors (Lipinski definition) is 6. The largest absolute Gasteiger partial charge is 0.476 e. The van der Waals surface area contributed by atoms with Crippen LogP contribution >= 0.6 is 0 Å². The first kappa shape index (κ1) is 29.8. The predicted octanol–water partition coefficient (Wildman–Crippen LogP) is 5.26. The summed E-state index contributed by atoms with van der Waals surface area (Å²) < 4.78 is 50.1. The van der Waals surface area contributed by atoms with E-state index in [4.69, 9.17) is 4.74 Å². The van der Waals surface area contributed by atoms with E-state index < -0.39 is 27.9 Å². The minimum Gasteiger partial charge on any atom is -0.476 e. The molecule has 3 aromatic rings. The number of ether oxygens (including phenoxy) is 1. The fraction of sp³-hybridized carbons (Fsp3) is 0.370. The van der Waals surface area contributed by atoms with Gasteiger partial charge in [-0.1, -0.05) is 27.7 Å². The zero-order chi connectivity index (χ0) is 29.1. The van der Waals surface area contributed by atoms with E-state index in [0.717, 1.165) is 4.68 Å². The quantitative estimate of drug-likeness (QED) is 0.307. The number of halogens is 1. The lowest BCUT2D eigenvalue weighted by molar-refractivity contribution is -0.117. The summed E-state index contributed by atoms with van der Waals surface area (Å²) in [6.07, 6.45) is 0.738. The summed E-state index contributed by atoms with van der Waals surface area (Å²) in [6, 6.07) is 8.88. The summed E-state index contributed by atoms with van der Waals surface area (Å²) in [5.41, 5.74) is 0.0830. The molecule has 0 spiro atoms. The first-order valence-electron chi connectivity index (χ1n) is 12.3. The van der Waals surface area contributed by atoms with Gasteiger partial charge >= 0.3 is 5.97 Å². The number of sulfonamides is 1. The number of carboxylic acid groups (broad SMARTS) is 1. The number of anilines is 1. The average Bonchev–Trinajstić information content (AvgIpc) is 3.15. The molecule has 10 nitrogen and oxygen atoms in total. The molecule has 12 heteroatoms. The highest BCUT2D eigenvalue weighted by Crippen LogP contribution is 2.35. The van der Waals surface area contributed by atoms with Crippen LogP contribution in [-0.4, -0.2) is 41.2 Å². The molecule has 0 saturated carbocycles. The molecule has 0 unspecified atom stereocenters. The predicted molar refractivity (Wildman–Crippen MR) is 145 cm³/mol. The molecule has 0 fully saturated rings. The van der Waals surface area contributed by atoms with Gasteiger partial charge in [-0.25, -0.2) is 22.3 Å². The standard InChI is InChI=1S/C27H33FN4O6S/c1-7-16(2)31-39(36,37)22-14-19(29-23(33)15-27(4,5)6)10-13-21(22)38-25-17(3)24(26(34)35)30-32(25)20-11-8-18(28)9-12-20/h8-14,16,31H,7,15H2,1-6H3,(H,29,33)(H,34,35)/t16-/m1/s1. The highest BCUT2D eigenvalue weighted by atomic mass is 32.2. The maximum Gasteiger partial charge on any atom is 0.356 e. The smallest absolute Gasteiger partial charge is 0.356 e. The molecule has 1 aromatic heterocycles. The van der Waals surface area contributed by atoms with E-state index in [-0.39, 0.29) is 51.2 Å². The number of aromatic carboxylic acids is 1. The van der Waals surface area contributed by atoms with Gasteiger partial charge in [0.25, 0.3) is 0 Å². The number of aromatic nitrogens is 2. The van der Waals surface area contributed by atoms with Gasteiger partial charge in [0.2, 0.25) is 21.8 Å². The van der Waals surface area contributed by atoms with Crippen LogP contribution in [0.5, 0.6) is 11.6 Å². The normalized spacial score (nSPS) is 12.7. The molecule has 0 bridgehead atoms. The van der Waals surface area contributed by atoms with Crippen LogP contribution in [0.3, 0.4) is 0 Å². The number of carboxylic acids is 1. The molecule has 3 N–H and O–H groups in total. The van der Waals surface area contributed by atoms with E-state index in [1.165, 1.54) is 49.4 Å². The summed E-state index contributed by atoms with van der Waals surface area (Å²) in [5, 5.41) is 16.5. The van der Waals surface area contributed by atoms with Gasteiger partial charge in [0.1, 0.15) is 16.5 Å². The van der Waals surface area contributed by atoms with Crippen molar-refractivity contribution in [1.82, 2.24) is 14.5 Å². The number of hydrogen-bond donors (Lipinski definition) is 3. The highest BCUT2D eigenvalue weighted by molar-refractivity contribution is 7.89. The summed E-state index contributed by atoms with van der Waals surface area (Å²) >= 11 is 0. The Morgan fingerprint density at radius 3 is 2.36 bits per heavy atom. The monoisotopic (exact) mass is 560 g/mol. The maximum absolute atomic E-state index is 13.5. The molecule has 0 saturated heterocycles. The Morgan fingerprint density at radius 2 is 1.79 bits per heavy atom. The average molecular weight is 561 g/mol. The minimum atomic E-state index is -4.14. The number of benzene rings is 2. The third-order valence-corrected chi connectivity index (χ3v) is 7.34. The lowest BCUT2D eigenvalue weighted by Gasteiger charge is -2.19. The second-order valence-electron chi connectivity index (χ2n) is 10.5. The maximum atomic E-state index is 13.5. The lowest BCUT2D eigenvalue weighted by atomic mass is 9.92. The van der Waals surface area contributed by atoms with Gasteiger partial charge < -0.3 is 15.2 Å². The molecule has 0 radical (unpaired) electrons. The second-order valence-corrected chi connectivity index (χ2v) is 12.1. The molecule has 1 atom stereocenters. The summed E-state index contributed by atoms with van der Waals surface area (Å²) in [6.45, 7) is 10.7. The zero-order valence-electron chi connectivity index (χ0n) is 22.7. The van der Waals surface area contributed by atoms with Crippen molar-refractivity contribution in [2.45, 2.75) is 65.3 Å². The SMILES string of the molecule is CC[C@@H](C)NS(=O)(=O)c1cc(NC(=O)CC(C)(C)C)ccc1Oc1c(C)c(C(=O)O)nn1-c1ccc(F)cc1. The highest BCUT2D eigenvalue weighted by Gasteiger charge is 2.27. The van der Waals surface area contributed by atoms with Crippen molar-refractivity contribution in [1.29, 1.82) is 0 Å². The zero-order valence-corrected chi connectivity index (χ0v) is 23.5. The van der Waals surface area contributed by atoms with Gasteiger partial charge in [-0.3, -0.25) is 4.79 Å². The Morgan fingerprint density at radius 1 is 1.15 bits per heavy atom. The van der Waals surface area contributed by atoms with Crippen molar-refractivity contribution in [3.8, 4) is 17.3 Å². The Labute approximate surface area is 227 Å². The molecular weight excluding hydrogens is 527 g/mol. The van der Waals surface area contributed by atoms with Gasteiger partial charge in [-0.15, -0.1) is 0 Å². The first-order chi connectivity index (χ1) is 18.1. The molecule has 0 aliphatic heterocycles. The van der Waals surface area contributed by atoms with Gasteiger partial charge in [0.05, 0.1) is 5.69 Å². The molecule has 0 aliphatic carbocycles. The fourth-order valence-electron chi connectivity index (χ4n) is 3.64. The number of rotatable bonds is 10. The number of amides is 1. The van der Waals surface area contributed by atoms with E-state index in [1.54, 1.807) is 6.92 Å². The van der Waals surface area contributed by atoms with E-state index >= 15 is 0 Å². The van der Waals surface area contributed by atoms with E-state index in [2.05, 4.69) is 15.1 Å². The Hall–Kier alpha value is -3.77. The molecule has 3 rings (SSSR count). The summed E-state index contributed by atoms with van der Waals surface area (Å²) in [5.74, 6) is -2.30. The van der Waals surface area contributed by atoms with Crippen molar-refractivity contribution < 1.29 is 32.2 Å². The van der Waals surface area contributed by atoms with Gasteiger partial charge in [0.15, 0.2) is 5.69 Å². The van der Waals surface area contributed by atoms with Crippen LogP contribution < -0.4 is 14.8 Å². The molecule has 39 heavy (non-hydrogen) atoms. The number of carbonyl (C=O) groups excluding carboxylic acids is 1. The Bertz CT molecular complexity index is 1480.